The highest BCUT2D eigenvalue weighted by atomic mass is 35.5. The summed E-state index contributed by atoms with van der Waals surface area (Å²) < 4.78 is 15.6. The van der Waals surface area contributed by atoms with Crippen LogP contribution in [0, 0.1) is 5.82 Å². The second kappa shape index (κ2) is 8.72. The lowest BCUT2D eigenvalue weighted by molar-refractivity contribution is -0.116. The van der Waals surface area contributed by atoms with Crippen molar-refractivity contribution in [2.75, 3.05) is 5.32 Å². The van der Waals surface area contributed by atoms with E-state index < -0.39 is 17.4 Å². The van der Waals surface area contributed by atoms with E-state index in [1.807, 2.05) is 0 Å². The SMILES string of the molecule is CC(=O)c1cccc(NC(=O)Cn2c(=O)nc(-c3ccccc3F)c3cc(Cl)ccc32)c1. The number of hydrogen-bond donors (Lipinski definition) is 1. The van der Waals surface area contributed by atoms with E-state index in [0.29, 0.717) is 27.2 Å². The van der Waals surface area contributed by atoms with E-state index in [1.165, 1.54) is 23.6 Å². The Morgan fingerprint density at radius 1 is 1.06 bits per heavy atom. The molecule has 1 aromatic heterocycles. The third-order valence-corrected chi connectivity index (χ3v) is 5.16. The molecular weight excluding hydrogens is 433 g/mol. The highest BCUT2D eigenvalue weighted by Crippen LogP contribution is 2.29. The number of anilines is 1. The fourth-order valence-electron chi connectivity index (χ4n) is 3.42. The Kier molecular flexibility index (Phi) is 5.83. The van der Waals surface area contributed by atoms with Gasteiger partial charge < -0.3 is 5.32 Å². The molecule has 1 N–H and O–H groups in total. The molecule has 0 aliphatic heterocycles. The van der Waals surface area contributed by atoms with E-state index >= 15 is 0 Å². The van der Waals surface area contributed by atoms with Gasteiger partial charge in [-0.15, -0.1) is 0 Å². The number of benzene rings is 3. The van der Waals surface area contributed by atoms with Gasteiger partial charge >= 0.3 is 5.69 Å². The van der Waals surface area contributed by atoms with E-state index in [2.05, 4.69) is 10.3 Å². The maximum Gasteiger partial charge on any atom is 0.349 e. The van der Waals surface area contributed by atoms with Gasteiger partial charge in [0.05, 0.1) is 11.2 Å². The Morgan fingerprint density at radius 3 is 2.59 bits per heavy atom. The van der Waals surface area contributed by atoms with Crippen molar-refractivity contribution in [3.8, 4) is 11.3 Å². The van der Waals surface area contributed by atoms with Crippen molar-refractivity contribution in [2.45, 2.75) is 13.5 Å². The van der Waals surface area contributed by atoms with Gasteiger partial charge in [0.1, 0.15) is 12.4 Å². The minimum absolute atomic E-state index is 0.131. The summed E-state index contributed by atoms with van der Waals surface area (Å²) in [6, 6.07) is 17.2. The summed E-state index contributed by atoms with van der Waals surface area (Å²) in [5.41, 5.74) is 0.881. The van der Waals surface area contributed by atoms with Crippen LogP contribution in [0.3, 0.4) is 0 Å². The highest BCUT2D eigenvalue weighted by Gasteiger charge is 2.17. The summed E-state index contributed by atoms with van der Waals surface area (Å²) in [6.45, 7) is 1.10. The Morgan fingerprint density at radius 2 is 1.84 bits per heavy atom. The van der Waals surface area contributed by atoms with E-state index in [1.54, 1.807) is 54.6 Å². The quantitative estimate of drug-likeness (QED) is 0.448. The fourth-order valence-corrected chi connectivity index (χ4v) is 3.60. The zero-order chi connectivity index (χ0) is 22.8. The lowest BCUT2D eigenvalue weighted by Gasteiger charge is -2.14. The molecule has 32 heavy (non-hydrogen) atoms. The number of ketones is 1. The standard InChI is InChI=1S/C24H17ClFN3O3/c1-14(30)15-5-4-6-17(11-15)27-22(31)13-29-21-10-9-16(25)12-19(21)23(28-24(29)32)18-7-2-3-8-20(18)26/h2-12H,13H2,1H3,(H,27,31). The molecule has 8 heteroatoms. The summed E-state index contributed by atoms with van der Waals surface area (Å²) in [5.74, 6) is -1.14. The fraction of sp³-hybridized carbons (Fsp3) is 0.0833. The van der Waals surface area contributed by atoms with Crippen LogP contribution in [0.4, 0.5) is 10.1 Å². The number of amides is 1. The van der Waals surface area contributed by atoms with Crippen molar-refractivity contribution in [2.24, 2.45) is 0 Å². The molecule has 3 aromatic carbocycles. The molecule has 0 radical (unpaired) electrons. The van der Waals surface area contributed by atoms with Crippen LogP contribution in [0.25, 0.3) is 22.2 Å². The molecule has 1 amide bonds. The van der Waals surface area contributed by atoms with Gasteiger partial charge in [-0.3, -0.25) is 14.2 Å². The van der Waals surface area contributed by atoms with Gasteiger partial charge in [-0.25, -0.2) is 9.18 Å². The van der Waals surface area contributed by atoms with Crippen LogP contribution >= 0.6 is 11.6 Å². The van der Waals surface area contributed by atoms with E-state index in [-0.39, 0.29) is 23.6 Å². The van der Waals surface area contributed by atoms with E-state index in [9.17, 15) is 18.8 Å². The zero-order valence-corrected chi connectivity index (χ0v) is 17.7. The molecule has 0 aliphatic carbocycles. The van der Waals surface area contributed by atoms with Gasteiger partial charge in [0, 0.05) is 27.2 Å². The number of halogens is 2. The number of fused-ring (bicyclic) bond motifs is 1. The zero-order valence-electron chi connectivity index (χ0n) is 16.9. The van der Waals surface area contributed by atoms with Gasteiger partial charge in [0.25, 0.3) is 0 Å². The first kappa shape index (κ1) is 21.4. The molecule has 0 aliphatic rings. The second-order valence-electron chi connectivity index (χ2n) is 7.16. The smallest absolute Gasteiger partial charge is 0.325 e. The Labute approximate surface area is 187 Å². The summed E-state index contributed by atoms with van der Waals surface area (Å²) in [7, 11) is 0. The third-order valence-electron chi connectivity index (χ3n) is 4.93. The maximum absolute atomic E-state index is 14.4. The van der Waals surface area contributed by atoms with Crippen LogP contribution in [0.2, 0.25) is 5.02 Å². The third kappa shape index (κ3) is 4.29. The largest absolute Gasteiger partial charge is 0.349 e. The Balaban J connectivity index is 1.75. The molecule has 0 fully saturated rings. The first-order valence-electron chi connectivity index (χ1n) is 9.69. The van der Waals surface area contributed by atoms with Crippen LogP contribution in [-0.4, -0.2) is 21.2 Å². The van der Waals surface area contributed by atoms with Crippen molar-refractivity contribution in [3.05, 3.63) is 93.6 Å². The van der Waals surface area contributed by atoms with E-state index in [4.69, 9.17) is 11.6 Å². The second-order valence-corrected chi connectivity index (χ2v) is 7.59. The molecule has 4 aromatic rings. The minimum Gasteiger partial charge on any atom is -0.325 e. The number of Topliss-reactive ketones (excluding diaryl/α,β-unsaturated/α-hetero) is 1. The van der Waals surface area contributed by atoms with Gasteiger partial charge in [-0.2, -0.15) is 4.98 Å². The number of hydrogen-bond acceptors (Lipinski definition) is 4. The normalized spacial score (nSPS) is 10.8. The molecular formula is C24H17ClFN3O3. The van der Waals surface area contributed by atoms with Crippen molar-refractivity contribution < 1.29 is 14.0 Å². The van der Waals surface area contributed by atoms with Crippen LogP contribution in [0.15, 0.2) is 71.5 Å². The van der Waals surface area contributed by atoms with Crippen LogP contribution in [0.5, 0.6) is 0 Å². The maximum atomic E-state index is 14.4. The van der Waals surface area contributed by atoms with Crippen LogP contribution < -0.4 is 11.0 Å². The predicted octanol–water partition coefficient (Wildman–Crippen LogP) is 4.70. The van der Waals surface area contributed by atoms with Crippen molar-refractivity contribution >= 4 is 39.9 Å². The van der Waals surface area contributed by atoms with Gasteiger partial charge in [0.2, 0.25) is 5.91 Å². The molecule has 0 saturated heterocycles. The van der Waals surface area contributed by atoms with Crippen LogP contribution in [0.1, 0.15) is 17.3 Å². The lowest BCUT2D eigenvalue weighted by Crippen LogP contribution is -2.30. The van der Waals surface area contributed by atoms with E-state index in [0.717, 1.165) is 0 Å². The van der Waals surface area contributed by atoms with Gasteiger partial charge in [0.15, 0.2) is 5.78 Å². The molecule has 0 saturated carbocycles. The molecule has 160 valence electrons. The van der Waals surface area contributed by atoms with Gasteiger partial charge in [-0.05, 0) is 49.4 Å². The number of nitrogens with one attached hydrogen (secondary N) is 1. The van der Waals surface area contributed by atoms with Crippen molar-refractivity contribution in [3.63, 3.8) is 0 Å². The molecule has 6 nitrogen and oxygen atoms in total. The molecule has 1 heterocycles. The molecule has 0 bridgehead atoms. The lowest BCUT2D eigenvalue weighted by atomic mass is 10.1. The average Bonchev–Trinajstić information content (AvgIpc) is 2.76. The number of carbonyl (C=O) groups is 2. The van der Waals surface area contributed by atoms with Gasteiger partial charge in [-0.1, -0.05) is 35.9 Å². The summed E-state index contributed by atoms with van der Waals surface area (Å²) >= 11 is 6.15. The van der Waals surface area contributed by atoms with Crippen LogP contribution in [-0.2, 0) is 11.3 Å². The molecule has 4 rings (SSSR count). The Hall–Kier alpha value is -3.84. The molecule has 0 unspecified atom stereocenters. The average molecular weight is 450 g/mol. The number of rotatable bonds is 5. The highest BCUT2D eigenvalue weighted by molar-refractivity contribution is 6.31. The molecule has 0 atom stereocenters. The number of carbonyl (C=O) groups excluding carboxylic acids is 2. The summed E-state index contributed by atoms with van der Waals surface area (Å²) in [5, 5.41) is 3.50. The van der Waals surface area contributed by atoms with Crippen molar-refractivity contribution in [1.82, 2.24) is 9.55 Å². The molecule has 0 spiro atoms. The topological polar surface area (TPSA) is 81.1 Å². The first-order valence-corrected chi connectivity index (χ1v) is 10.1. The first-order chi connectivity index (χ1) is 15.3. The number of aromatic nitrogens is 2. The summed E-state index contributed by atoms with van der Waals surface area (Å²) in [4.78, 5) is 41.1. The number of nitrogens with zero attached hydrogens (tertiary/aromatic N) is 2. The minimum atomic E-state index is -0.703. The predicted molar refractivity (Wildman–Crippen MR) is 121 cm³/mol. The Bertz CT molecular complexity index is 1430. The monoisotopic (exact) mass is 449 g/mol. The van der Waals surface area contributed by atoms with Crippen molar-refractivity contribution in [1.29, 1.82) is 0 Å². The summed E-state index contributed by atoms with van der Waals surface area (Å²) in [6.07, 6.45) is 0.